The number of halogens is 1. The molecule has 0 bridgehead atoms. The molecule has 1 amide bonds. The Labute approximate surface area is 158 Å². The first kappa shape index (κ1) is 18.5. The highest BCUT2D eigenvalue weighted by atomic mass is 79.9. The summed E-state index contributed by atoms with van der Waals surface area (Å²) in [5.41, 5.74) is 0.280. The molecule has 2 atom stereocenters. The highest BCUT2D eigenvalue weighted by Crippen LogP contribution is 2.35. The molecule has 1 aromatic heterocycles. The van der Waals surface area contributed by atoms with E-state index in [1.807, 2.05) is 13.8 Å². The lowest BCUT2D eigenvalue weighted by Crippen LogP contribution is -2.49. The second kappa shape index (κ2) is 7.55. The molecular formula is C17H18BrN3O5. The van der Waals surface area contributed by atoms with Gasteiger partial charge in [0.05, 0.1) is 28.0 Å². The number of rotatable bonds is 4. The Kier molecular flexibility index (Phi) is 5.38. The topological polar surface area (TPSA) is 94.8 Å². The molecule has 1 fully saturated rings. The molecule has 2 unspecified atom stereocenters. The molecule has 0 spiro atoms. The number of pyridine rings is 1. The van der Waals surface area contributed by atoms with Crippen molar-refractivity contribution in [2.45, 2.75) is 26.1 Å². The number of fused-ring (bicyclic) bond motifs is 1. The van der Waals surface area contributed by atoms with Crippen LogP contribution in [-0.4, -0.2) is 52.6 Å². The summed E-state index contributed by atoms with van der Waals surface area (Å²) in [4.78, 5) is 29.0. The van der Waals surface area contributed by atoms with Crippen molar-refractivity contribution in [1.29, 1.82) is 0 Å². The van der Waals surface area contributed by atoms with Crippen LogP contribution < -0.4 is 4.74 Å². The van der Waals surface area contributed by atoms with E-state index in [4.69, 9.17) is 9.47 Å². The maximum absolute atomic E-state index is 12.5. The zero-order valence-corrected chi connectivity index (χ0v) is 15.9. The van der Waals surface area contributed by atoms with Crippen molar-refractivity contribution in [3.8, 4) is 5.75 Å². The van der Waals surface area contributed by atoms with E-state index in [1.54, 1.807) is 23.1 Å². The predicted molar refractivity (Wildman–Crippen MR) is 98.2 cm³/mol. The molecule has 1 aliphatic rings. The molecule has 0 saturated carbocycles. The molecule has 9 heteroatoms. The van der Waals surface area contributed by atoms with Gasteiger partial charge in [-0.05, 0) is 32.0 Å². The van der Waals surface area contributed by atoms with Crippen molar-refractivity contribution >= 4 is 38.4 Å². The molecule has 0 radical (unpaired) electrons. The van der Waals surface area contributed by atoms with Gasteiger partial charge in [-0.3, -0.25) is 14.9 Å². The number of amides is 1. The first-order valence-electron chi connectivity index (χ1n) is 8.14. The average Bonchev–Trinajstić information content (AvgIpc) is 2.58. The Morgan fingerprint density at radius 3 is 2.77 bits per heavy atom. The van der Waals surface area contributed by atoms with Gasteiger partial charge in [0, 0.05) is 17.6 Å². The summed E-state index contributed by atoms with van der Waals surface area (Å²) in [6, 6.07) is 5.20. The number of morpholine rings is 1. The minimum Gasteiger partial charge on any atom is -0.476 e. The van der Waals surface area contributed by atoms with E-state index >= 15 is 0 Å². The fourth-order valence-corrected chi connectivity index (χ4v) is 3.38. The standard InChI is InChI=1S/C17H18BrN3O5/c1-10-7-20(8-11(2)26-10)16(22)9-25-17-13-5-12(18)3-4-14(13)19-6-15(17)21(23)24/h3-6,10-11H,7-9H2,1-2H3. The van der Waals surface area contributed by atoms with Gasteiger partial charge < -0.3 is 14.4 Å². The largest absolute Gasteiger partial charge is 0.476 e. The monoisotopic (exact) mass is 423 g/mol. The summed E-state index contributed by atoms with van der Waals surface area (Å²) in [7, 11) is 0. The van der Waals surface area contributed by atoms with Gasteiger partial charge in [0.2, 0.25) is 5.75 Å². The highest BCUT2D eigenvalue weighted by Gasteiger charge is 2.27. The summed E-state index contributed by atoms with van der Waals surface area (Å²) in [5, 5.41) is 11.8. The van der Waals surface area contributed by atoms with E-state index < -0.39 is 4.92 Å². The molecule has 2 heterocycles. The lowest BCUT2D eigenvalue weighted by atomic mass is 10.2. The van der Waals surface area contributed by atoms with Crippen LogP contribution in [0.15, 0.2) is 28.9 Å². The number of hydrogen-bond acceptors (Lipinski definition) is 6. The van der Waals surface area contributed by atoms with Crippen LogP contribution >= 0.6 is 15.9 Å². The van der Waals surface area contributed by atoms with Crippen molar-refractivity contribution in [3.63, 3.8) is 0 Å². The number of carbonyl (C=O) groups excluding carboxylic acids is 1. The number of aromatic nitrogens is 1. The molecule has 3 rings (SSSR count). The van der Waals surface area contributed by atoms with Gasteiger partial charge in [-0.2, -0.15) is 0 Å². The highest BCUT2D eigenvalue weighted by molar-refractivity contribution is 9.10. The summed E-state index contributed by atoms with van der Waals surface area (Å²) in [6.07, 6.45) is 1.03. The van der Waals surface area contributed by atoms with E-state index in [-0.39, 0.29) is 36.2 Å². The smallest absolute Gasteiger partial charge is 0.329 e. The Bertz CT molecular complexity index is 850. The van der Waals surface area contributed by atoms with Crippen LogP contribution in [0.1, 0.15) is 13.8 Å². The lowest BCUT2D eigenvalue weighted by Gasteiger charge is -2.35. The summed E-state index contributed by atoms with van der Waals surface area (Å²) < 4.78 is 12.0. The zero-order chi connectivity index (χ0) is 18.8. The zero-order valence-electron chi connectivity index (χ0n) is 14.3. The summed E-state index contributed by atoms with van der Waals surface area (Å²) in [5.74, 6) is -0.190. The van der Waals surface area contributed by atoms with Crippen LogP contribution in [-0.2, 0) is 9.53 Å². The first-order valence-corrected chi connectivity index (χ1v) is 8.93. The molecule has 0 aliphatic carbocycles. The van der Waals surface area contributed by atoms with Gasteiger partial charge in [0.25, 0.3) is 5.91 Å². The van der Waals surface area contributed by atoms with Crippen LogP contribution in [0, 0.1) is 10.1 Å². The normalized spacial score (nSPS) is 20.2. The van der Waals surface area contributed by atoms with Crippen molar-refractivity contribution in [3.05, 3.63) is 39.0 Å². The number of carbonyl (C=O) groups is 1. The number of hydrogen-bond donors (Lipinski definition) is 0. The molecule has 1 aliphatic heterocycles. The van der Waals surface area contributed by atoms with Crippen molar-refractivity contribution < 1.29 is 19.2 Å². The van der Waals surface area contributed by atoms with Gasteiger partial charge in [0.1, 0.15) is 6.20 Å². The maximum Gasteiger partial charge on any atom is 0.329 e. The number of benzene rings is 1. The van der Waals surface area contributed by atoms with Crippen LogP contribution in [0.5, 0.6) is 5.75 Å². The quantitative estimate of drug-likeness (QED) is 0.554. The van der Waals surface area contributed by atoms with Crippen molar-refractivity contribution in [1.82, 2.24) is 9.88 Å². The average molecular weight is 424 g/mol. The fourth-order valence-electron chi connectivity index (χ4n) is 3.02. The fraction of sp³-hybridized carbons (Fsp3) is 0.412. The Hall–Kier alpha value is -2.26. The molecule has 1 saturated heterocycles. The first-order chi connectivity index (χ1) is 12.3. The number of ether oxygens (including phenoxy) is 2. The van der Waals surface area contributed by atoms with E-state index in [2.05, 4.69) is 20.9 Å². The Morgan fingerprint density at radius 2 is 2.12 bits per heavy atom. The van der Waals surface area contributed by atoms with Gasteiger partial charge in [-0.1, -0.05) is 15.9 Å². The van der Waals surface area contributed by atoms with Gasteiger partial charge in [0.15, 0.2) is 6.61 Å². The number of nitrogens with zero attached hydrogens (tertiary/aromatic N) is 3. The molecule has 138 valence electrons. The summed E-state index contributed by atoms with van der Waals surface area (Å²) in [6.45, 7) is 4.45. The third-order valence-corrected chi connectivity index (χ3v) is 4.56. The van der Waals surface area contributed by atoms with Crippen LogP contribution in [0.3, 0.4) is 0 Å². The number of nitro groups is 1. The predicted octanol–water partition coefficient (Wildman–Crippen LogP) is 2.92. The third-order valence-electron chi connectivity index (χ3n) is 4.07. The van der Waals surface area contributed by atoms with E-state index in [0.717, 1.165) is 10.7 Å². The molecule has 0 N–H and O–H groups in total. The molecule has 26 heavy (non-hydrogen) atoms. The van der Waals surface area contributed by atoms with E-state index in [0.29, 0.717) is 24.0 Å². The van der Waals surface area contributed by atoms with E-state index in [9.17, 15) is 14.9 Å². The lowest BCUT2D eigenvalue weighted by molar-refractivity contribution is -0.386. The van der Waals surface area contributed by atoms with Gasteiger partial charge in [-0.15, -0.1) is 0 Å². The van der Waals surface area contributed by atoms with Gasteiger partial charge >= 0.3 is 5.69 Å². The second-order valence-electron chi connectivity index (χ2n) is 6.24. The third kappa shape index (κ3) is 3.94. The minimum atomic E-state index is -0.563. The molecule has 2 aromatic rings. The maximum atomic E-state index is 12.5. The second-order valence-corrected chi connectivity index (χ2v) is 7.15. The van der Waals surface area contributed by atoms with Crippen LogP contribution in [0.25, 0.3) is 10.9 Å². The molecule has 8 nitrogen and oxygen atoms in total. The minimum absolute atomic E-state index is 0.0454. The van der Waals surface area contributed by atoms with E-state index in [1.165, 1.54) is 0 Å². The molecular weight excluding hydrogens is 406 g/mol. The Balaban J connectivity index is 1.85. The van der Waals surface area contributed by atoms with Crippen LogP contribution in [0.2, 0.25) is 0 Å². The Morgan fingerprint density at radius 1 is 1.42 bits per heavy atom. The van der Waals surface area contributed by atoms with Crippen molar-refractivity contribution in [2.75, 3.05) is 19.7 Å². The van der Waals surface area contributed by atoms with Crippen LogP contribution in [0.4, 0.5) is 5.69 Å². The summed E-state index contributed by atoms with van der Waals surface area (Å²) >= 11 is 3.34. The van der Waals surface area contributed by atoms with Gasteiger partial charge in [-0.25, -0.2) is 4.98 Å². The molecule has 1 aromatic carbocycles. The SMILES string of the molecule is CC1CN(C(=O)COc2c([N+](=O)[O-])cnc3ccc(Br)cc23)CC(C)O1. The van der Waals surface area contributed by atoms with Crippen molar-refractivity contribution in [2.24, 2.45) is 0 Å².